The zero-order valence-corrected chi connectivity index (χ0v) is 16.7. The molecule has 5 rings (SSSR count). The first-order valence-electron chi connectivity index (χ1n) is 10.1. The summed E-state index contributed by atoms with van der Waals surface area (Å²) in [5.74, 6) is 0.370. The fraction of sp³-hybridized carbons (Fsp3) is 0.174. The molecule has 8 heteroatoms. The summed E-state index contributed by atoms with van der Waals surface area (Å²) in [6.45, 7) is 2.12. The van der Waals surface area contributed by atoms with Crippen LogP contribution in [-0.4, -0.2) is 34.6 Å². The van der Waals surface area contributed by atoms with Gasteiger partial charge in [0, 0.05) is 30.2 Å². The van der Waals surface area contributed by atoms with Crippen molar-refractivity contribution in [3.05, 3.63) is 72.3 Å². The Labute approximate surface area is 178 Å². The van der Waals surface area contributed by atoms with Crippen LogP contribution in [0.4, 0.5) is 21.8 Å². The molecule has 1 saturated heterocycles. The highest BCUT2D eigenvalue weighted by atomic mass is 19.1. The first-order chi connectivity index (χ1) is 15.2. The van der Waals surface area contributed by atoms with Crippen molar-refractivity contribution in [1.82, 2.24) is 20.3 Å². The van der Waals surface area contributed by atoms with E-state index in [2.05, 4.69) is 20.6 Å². The van der Waals surface area contributed by atoms with Gasteiger partial charge in [-0.15, -0.1) is 0 Å². The number of hydrogen-bond acceptors (Lipinski definition) is 7. The highest BCUT2D eigenvalue weighted by molar-refractivity contribution is 5.99. The van der Waals surface area contributed by atoms with E-state index in [1.165, 1.54) is 12.1 Å². The van der Waals surface area contributed by atoms with Gasteiger partial charge in [0.2, 0.25) is 5.95 Å². The topological polar surface area (TPSA) is 98.0 Å². The van der Waals surface area contributed by atoms with Gasteiger partial charge in [-0.2, -0.15) is 4.98 Å². The van der Waals surface area contributed by atoms with Crippen LogP contribution in [0.2, 0.25) is 0 Å². The zero-order valence-electron chi connectivity index (χ0n) is 16.7. The summed E-state index contributed by atoms with van der Waals surface area (Å²) in [5, 5.41) is 7.27. The molecule has 1 unspecified atom stereocenters. The predicted molar refractivity (Wildman–Crippen MR) is 118 cm³/mol. The van der Waals surface area contributed by atoms with Crippen molar-refractivity contribution in [3.63, 3.8) is 0 Å². The van der Waals surface area contributed by atoms with Crippen molar-refractivity contribution < 1.29 is 9.13 Å². The fourth-order valence-corrected chi connectivity index (χ4v) is 3.76. The van der Waals surface area contributed by atoms with Gasteiger partial charge in [-0.05, 0) is 35.9 Å². The number of nitrogens with one attached hydrogen (secondary N) is 2. The van der Waals surface area contributed by atoms with Crippen LogP contribution in [0.3, 0.4) is 0 Å². The van der Waals surface area contributed by atoms with Gasteiger partial charge in [-0.1, -0.05) is 24.3 Å². The summed E-state index contributed by atoms with van der Waals surface area (Å²) in [5.41, 5.74) is 9.92. The quantitative estimate of drug-likeness (QED) is 0.465. The van der Waals surface area contributed by atoms with Gasteiger partial charge < -0.3 is 21.1 Å². The molecular formula is C23H21FN6O. The lowest BCUT2D eigenvalue weighted by Crippen LogP contribution is -2.34. The molecule has 4 N–H and O–H groups in total. The standard InChI is InChI=1S/C23H21FN6O/c24-15-5-1-4-14(12-15)16-6-2-7-17-20(16)29-23(30-22(17)25)28-18-8-3-9-27-21(18)19-13-26-10-11-31-19/h1-9,12,19,26H,10-11,13H2,(H3,25,28,29,30). The molecule has 1 atom stereocenters. The lowest BCUT2D eigenvalue weighted by molar-refractivity contribution is 0.0255. The predicted octanol–water partition coefficient (Wildman–Crippen LogP) is 3.82. The zero-order chi connectivity index (χ0) is 21.2. The van der Waals surface area contributed by atoms with Gasteiger partial charge in [-0.3, -0.25) is 4.98 Å². The summed E-state index contributed by atoms with van der Waals surface area (Å²) < 4.78 is 19.7. The first kappa shape index (κ1) is 19.3. The van der Waals surface area contributed by atoms with Crippen molar-refractivity contribution in [2.24, 2.45) is 0 Å². The Hall–Kier alpha value is -3.62. The van der Waals surface area contributed by atoms with E-state index in [0.29, 0.717) is 35.8 Å². The van der Waals surface area contributed by atoms with Gasteiger partial charge in [0.05, 0.1) is 23.5 Å². The Morgan fingerprint density at radius 2 is 2.00 bits per heavy atom. The largest absolute Gasteiger partial charge is 0.383 e. The average molecular weight is 416 g/mol. The van der Waals surface area contributed by atoms with E-state index in [9.17, 15) is 4.39 Å². The van der Waals surface area contributed by atoms with Gasteiger partial charge in [0.1, 0.15) is 17.7 Å². The molecule has 31 heavy (non-hydrogen) atoms. The molecule has 2 aromatic heterocycles. The number of para-hydroxylation sites is 1. The molecule has 156 valence electrons. The molecule has 0 saturated carbocycles. The summed E-state index contributed by atoms with van der Waals surface area (Å²) in [7, 11) is 0. The first-order valence-corrected chi connectivity index (χ1v) is 10.1. The fourth-order valence-electron chi connectivity index (χ4n) is 3.76. The van der Waals surface area contributed by atoms with Crippen molar-refractivity contribution >= 4 is 28.4 Å². The van der Waals surface area contributed by atoms with Crippen LogP contribution in [0.15, 0.2) is 60.8 Å². The van der Waals surface area contributed by atoms with Crippen molar-refractivity contribution in [3.8, 4) is 11.1 Å². The number of nitrogens with two attached hydrogens (primary N) is 1. The van der Waals surface area contributed by atoms with E-state index >= 15 is 0 Å². The molecule has 0 spiro atoms. The van der Waals surface area contributed by atoms with E-state index in [-0.39, 0.29) is 11.9 Å². The molecule has 4 aromatic rings. The number of pyridine rings is 1. The lowest BCUT2D eigenvalue weighted by atomic mass is 10.0. The molecule has 0 radical (unpaired) electrons. The van der Waals surface area contributed by atoms with Crippen LogP contribution in [0, 0.1) is 5.82 Å². The summed E-state index contributed by atoms with van der Waals surface area (Å²) in [4.78, 5) is 13.6. The Morgan fingerprint density at radius 3 is 2.84 bits per heavy atom. The number of fused-ring (bicyclic) bond motifs is 1. The Balaban J connectivity index is 1.57. The van der Waals surface area contributed by atoms with Gasteiger partial charge >= 0.3 is 0 Å². The highest BCUT2D eigenvalue weighted by Gasteiger charge is 2.21. The van der Waals surface area contributed by atoms with Crippen LogP contribution in [0.5, 0.6) is 0 Å². The molecule has 1 aliphatic rings. The second kappa shape index (κ2) is 8.25. The van der Waals surface area contributed by atoms with Gasteiger partial charge in [-0.25, -0.2) is 9.37 Å². The van der Waals surface area contributed by atoms with Crippen LogP contribution in [-0.2, 0) is 4.74 Å². The Morgan fingerprint density at radius 1 is 1.10 bits per heavy atom. The molecule has 1 aliphatic heterocycles. The SMILES string of the molecule is Nc1nc(Nc2cccnc2C2CNCCO2)nc2c(-c3cccc(F)c3)cccc12. The smallest absolute Gasteiger partial charge is 0.229 e. The number of ether oxygens (including phenoxy) is 1. The average Bonchev–Trinajstić information content (AvgIpc) is 2.80. The van der Waals surface area contributed by atoms with E-state index in [1.807, 2.05) is 36.4 Å². The Kier molecular flexibility index (Phi) is 5.15. The number of aromatic nitrogens is 3. The third kappa shape index (κ3) is 3.90. The minimum absolute atomic E-state index is 0.168. The number of morpholine rings is 1. The normalized spacial score (nSPS) is 16.4. The van der Waals surface area contributed by atoms with E-state index < -0.39 is 0 Å². The molecule has 7 nitrogen and oxygen atoms in total. The van der Waals surface area contributed by atoms with E-state index in [4.69, 9.17) is 15.5 Å². The maximum absolute atomic E-state index is 13.8. The number of nitrogen functional groups attached to an aromatic ring is 1. The van der Waals surface area contributed by atoms with Crippen LogP contribution in [0.1, 0.15) is 11.8 Å². The number of benzene rings is 2. The summed E-state index contributed by atoms with van der Waals surface area (Å²) in [6, 6.07) is 15.8. The van der Waals surface area contributed by atoms with Crippen LogP contribution < -0.4 is 16.4 Å². The molecule has 1 fully saturated rings. The van der Waals surface area contributed by atoms with E-state index in [1.54, 1.807) is 12.3 Å². The highest BCUT2D eigenvalue weighted by Crippen LogP contribution is 2.32. The molecular weight excluding hydrogens is 395 g/mol. The van der Waals surface area contributed by atoms with Crippen molar-refractivity contribution in [1.29, 1.82) is 0 Å². The van der Waals surface area contributed by atoms with E-state index in [0.717, 1.165) is 29.1 Å². The molecule has 2 aromatic carbocycles. The second-order valence-corrected chi connectivity index (χ2v) is 7.27. The summed E-state index contributed by atoms with van der Waals surface area (Å²) in [6.07, 6.45) is 1.56. The number of rotatable bonds is 4. The molecule has 0 amide bonds. The lowest BCUT2D eigenvalue weighted by Gasteiger charge is -2.24. The molecule has 3 heterocycles. The molecule has 0 bridgehead atoms. The summed E-state index contributed by atoms with van der Waals surface area (Å²) >= 11 is 0. The number of halogens is 1. The van der Waals surface area contributed by atoms with Crippen LogP contribution >= 0.6 is 0 Å². The molecule has 0 aliphatic carbocycles. The van der Waals surface area contributed by atoms with Gasteiger partial charge in [0.25, 0.3) is 0 Å². The van der Waals surface area contributed by atoms with Crippen molar-refractivity contribution in [2.75, 3.05) is 30.7 Å². The Bertz CT molecular complexity index is 1240. The second-order valence-electron chi connectivity index (χ2n) is 7.27. The maximum Gasteiger partial charge on any atom is 0.229 e. The number of nitrogens with zero attached hydrogens (tertiary/aromatic N) is 3. The minimum Gasteiger partial charge on any atom is -0.383 e. The minimum atomic E-state index is -0.309. The van der Waals surface area contributed by atoms with Gasteiger partial charge in [0.15, 0.2) is 0 Å². The number of anilines is 3. The monoisotopic (exact) mass is 416 g/mol. The third-order valence-corrected chi connectivity index (χ3v) is 5.21. The maximum atomic E-state index is 13.8. The van der Waals surface area contributed by atoms with Crippen LogP contribution in [0.25, 0.3) is 22.0 Å². The number of hydrogen-bond donors (Lipinski definition) is 3. The van der Waals surface area contributed by atoms with Crippen molar-refractivity contribution in [2.45, 2.75) is 6.10 Å². The third-order valence-electron chi connectivity index (χ3n) is 5.21.